The lowest BCUT2D eigenvalue weighted by Gasteiger charge is -2.35. The van der Waals surface area contributed by atoms with Crippen molar-refractivity contribution in [2.75, 3.05) is 26.2 Å². The molecule has 0 spiro atoms. The minimum absolute atomic E-state index is 0.000603. The summed E-state index contributed by atoms with van der Waals surface area (Å²) in [4.78, 5) is 18.8. The summed E-state index contributed by atoms with van der Waals surface area (Å²) in [5.74, 6) is 0.739. The fraction of sp³-hybridized carbons (Fsp3) is 0.529. The van der Waals surface area contributed by atoms with Gasteiger partial charge in [-0.2, -0.15) is 0 Å². The number of carbonyl (C=O) groups excluding carboxylic acids is 1. The van der Waals surface area contributed by atoms with Crippen LogP contribution in [0.1, 0.15) is 19.5 Å². The van der Waals surface area contributed by atoms with Crippen LogP contribution >= 0.6 is 11.3 Å². The molecule has 3 rings (SSSR count). The number of hydrogen-bond acceptors (Lipinski definition) is 6. The van der Waals surface area contributed by atoms with Crippen LogP contribution in [0.25, 0.3) is 10.8 Å². The van der Waals surface area contributed by atoms with Crippen molar-refractivity contribution < 1.29 is 13.9 Å². The zero-order valence-electron chi connectivity index (χ0n) is 14.0. The summed E-state index contributed by atoms with van der Waals surface area (Å²) in [6.07, 6.45) is 2.42. The van der Waals surface area contributed by atoms with E-state index < -0.39 is 0 Å². The van der Waals surface area contributed by atoms with Crippen LogP contribution in [0, 0.1) is 0 Å². The predicted molar refractivity (Wildman–Crippen MR) is 93.0 cm³/mol. The number of rotatable bonds is 6. The Labute approximate surface area is 145 Å². The normalized spacial score (nSPS) is 21.8. The number of furan rings is 1. The molecule has 0 bridgehead atoms. The Balaban J connectivity index is 1.41. The highest BCUT2D eigenvalue weighted by atomic mass is 32.1. The Morgan fingerprint density at radius 1 is 1.42 bits per heavy atom. The molecular weight excluding hydrogens is 326 g/mol. The third-order valence-corrected chi connectivity index (χ3v) is 4.78. The molecule has 24 heavy (non-hydrogen) atoms. The minimum atomic E-state index is 0.000603. The maximum atomic E-state index is 12.1. The number of carbonyl (C=O) groups is 1. The van der Waals surface area contributed by atoms with E-state index in [0.717, 1.165) is 36.1 Å². The van der Waals surface area contributed by atoms with Gasteiger partial charge in [-0.3, -0.25) is 9.69 Å². The topological polar surface area (TPSA) is 67.6 Å². The summed E-state index contributed by atoms with van der Waals surface area (Å²) >= 11 is 1.49. The zero-order chi connectivity index (χ0) is 16.9. The van der Waals surface area contributed by atoms with Crippen molar-refractivity contribution in [3.8, 4) is 10.8 Å². The summed E-state index contributed by atoms with van der Waals surface area (Å²) in [6, 6.07) is 3.70. The van der Waals surface area contributed by atoms with E-state index in [4.69, 9.17) is 9.15 Å². The molecule has 1 aliphatic heterocycles. The molecule has 1 aliphatic rings. The first kappa shape index (κ1) is 17.1. The molecule has 0 aliphatic carbocycles. The van der Waals surface area contributed by atoms with Crippen molar-refractivity contribution in [1.29, 1.82) is 0 Å². The molecule has 7 heteroatoms. The van der Waals surface area contributed by atoms with Crippen LogP contribution in [0.3, 0.4) is 0 Å². The average Bonchev–Trinajstić information content (AvgIpc) is 3.16. The second kappa shape index (κ2) is 7.92. The molecule has 2 unspecified atom stereocenters. The molecule has 2 aromatic heterocycles. The van der Waals surface area contributed by atoms with Crippen LogP contribution < -0.4 is 5.32 Å². The van der Waals surface area contributed by atoms with E-state index in [9.17, 15) is 4.79 Å². The van der Waals surface area contributed by atoms with Gasteiger partial charge in [0.25, 0.3) is 0 Å². The first-order valence-electron chi connectivity index (χ1n) is 8.23. The summed E-state index contributed by atoms with van der Waals surface area (Å²) in [5, 5.41) is 5.68. The highest BCUT2D eigenvalue weighted by molar-refractivity contribution is 7.13. The van der Waals surface area contributed by atoms with E-state index >= 15 is 0 Å². The standard InChI is InChI=1S/C17H23N3O3S/c1-12-9-20(10-13(2)23-12)6-5-18-16(21)8-14-11-24-17(19-14)15-4-3-7-22-15/h3-4,7,11-13H,5-6,8-10H2,1-2H3,(H,18,21). The van der Waals surface area contributed by atoms with Crippen molar-refractivity contribution in [1.82, 2.24) is 15.2 Å². The molecule has 0 radical (unpaired) electrons. The lowest BCUT2D eigenvalue weighted by Crippen LogP contribution is -2.48. The molecule has 1 amide bonds. The van der Waals surface area contributed by atoms with Gasteiger partial charge < -0.3 is 14.5 Å². The van der Waals surface area contributed by atoms with E-state index in [1.54, 1.807) is 6.26 Å². The molecular formula is C17H23N3O3S. The number of ether oxygens (including phenoxy) is 1. The van der Waals surface area contributed by atoms with E-state index in [0.29, 0.717) is 13.0 Å². The number of aromatic nitrogens is 1. The van der Waals surface area contributed by atoms with E-state index in [-0.39, 0.29) is 18.1 Å². The van der Waals surface area contributed by atoms with Gasteiger partial charge in [-0.15, -0.1) is 11.3 Å². The van der Waals surface area contributed by atoms with E-state index in [1.807, 2.05) is 17.5 Å². The maximum absolute atomic E-state index is 12.1. The van der Waals surface area contributed by atoms with Crippen LogP contribution in [0.2, 0.25) is 0 Å². The van der Waals surface area contributed by atoms with Gasteiger partial charge in [-0.1, -0.05) is 0 Å². The first-order chi connectivity index (χ1) is 11.6. The fourth-order valence-corrected chi connectivity index (χ4v) is 3.73. The summed E-state index contributed by atoms with van der Waals surface area (Å²) < 4.78 is 11.0. The van der Waals surface area contributed by atoms with Gasteiger partial charge in [-0.05, 0) is 26.0 Å². The molecule has 1 saturated heterocycles. The molecule has 0 saturated carbocycles. The summed E-state index contributed by atoms with van der Waals surface area (Å²) in [5.41, 5.74) is 0.775. The smallest absolute Gasteiger partial charge is 0.226 e. The number of amides is 1. The van der Waals surface area contributed by atoms with Gasteiger partial charge in [0.15, 0.2) is 10.8 Å². The summed E-state index contributed by atoms with van der Waals surface area (Å²) in [7, 11) is 0. The second-order valence-corrected chi connectivity index (χ2v) is 7.02. The maximum Gasteiger partial charge on any atom is 0.226 e. The minimum Gasteiger partial charge on any atom is -0.462 e. The van der Waals surface area contributed by atoms with Crippen LogP contribution in [0.4, 0.5) is 0 Å². The largest absolute Gasteiger partial charge is 0.462 e. The average molecular weight is 349 g/mol. The Morgan fingerprint density at radius 3 is 2.92 bits per heavy atom. The third-order valence-electron chi connectivity index (χ3n) is 3.87. The van der Waals surface area contributed by atoms with Crippen LogP contribution in [-0.2, 0) is 16.0 Å². The number of hydrogen-bond donors (Lipinski definition) is 1. The number of thiazole rings is 1. The lowest BCUT2D eigenvalue weighted by molar-refractivity contribution is -0.120. The van der Waals surface area contributed by atoms with Crippen molar-refractivity contribution in [2.45, 2.75) is 32.5 Å². The van der Waals surface area contributed by atoms with Gasteiger partial charge in [0.05, 0.1) is 30.6 Å². The second-order valence-electron chi connectivity index (χ2n) is 6.16. The molecule has 1 N–H and O–H groups in total. The Kier molecular flexibility index (Phi) is 5.65. The van der Waals surface area contributed by atoms with Gasteiger partial charge in [0, 0.05) is 31.6 Å². The lowest BCUT2D eigenvalue weighted by atomic mass is 10.2. The van der Waals surface area contributed by atoms with Crippen molar-refractivity contribution >= 4 is 17.2 Å². The highest BCUT2D eigenvalue weighted by Gasteiger charge is 2.21. The van der Waals surface area contributed by atoms with Gasteiger partial charge in [0.1, 0.15) is 0 Å². The number of morpholine rings is 1. The van der Waals surface area contributed by atoms with E-state index in [2.05, 4.69) is 29.0 Å². The van der Waals surface area contributed by atoms with Crippen LogP contribution in [0.5, 0.6) is 0 Å². The number of nitrogens with zero attached hydrogens (tertiary/aromatic N) is 2. The Morgan fingerprint density at radius 2 is 2.21 bits per heavy atom. The first-order valence-corrected chi connectivity index (χ1v) is 9.11. The quantitative estimate of drug-likeness (QED) is 0.866. The molecule has 2 atom stereocenters. The molecule has 130 valence electrons. The fourth-order valence-electron chi connectivity index (χ4n) is 2.95. The van der Waals surface area contributed by atoms with Crippen LogP contribution in [-0.4, -0.2) is 54.2 Å². The van der Waals surface area contributed by atoms with E-state index in [1.165, 1.54) is 11.3 Å². The Bertz CT molecular complexity index is 646. The molecule has 6 nitrogen and oxygen atoms in total. The number of nitrogens with one attached hydrogen (secondary N) is 1. The van der Waals surface area contributed by atoms with Crippen molar-refractivity contribution in [3.05, 3.63) is 29.5 Å². The van der Waals surface area contributed by atoms with Crippen molar-refractivity contribution in [3.63, 3.8) is 0 Å². The zero-order valence-corrected chi connectivity index (χ0v) is 14.8. The molecule has 1 fully saturated rings. The van der Waals surface area contributed by atoms with Gasteiger partial charge in [0.2, 0.25) is 5.91 Å². The highest BCUT2D eigenvalue weighted by Crippen LogP contribution is 2.24. The molecule has 3 heterocycles. The summed E-state index contributed by atoms with van der Waals surface area (Å²) in [6.45, 7) is 7.49. The monoisotopic (exact) mass is 349 g/mol. The Hall–Kier alpha value is -1.70. The predicted octanol–water partition coefficient (Wildman–Crippen LogP) is 2.17. The molecule has 0 aromatic carbocycles. The SMILES string of the molecule is CC1CN(CCNC(=O)Cc2csc(-c3ccco3)n2)CC(C)O1. The van der Waals surface area contributed by atoms with Crippen molar-refractivity contribution in [2.24, 2.45) is 0 Å². The molecule has 2 aromatic rings. The third kappa shape index (κ3) is 4.66. The van der Waals surface area contributed by atoms with Gasteiger partial charge in [-0.25, -0.2) is 4.98 Å². The van der Waals surface area contributed by atoms with Gasteiger partial charge >= 0.3 is 0 Å². The van der Waals surface area contributed by atoms with Crippen LogP contribution in [0.15, 0.2) is 28.2 Å².